The van der Waals surface area contributed by atoms with Crippen molar-refractivity contribution in [1.82, 2.24) is 4.90 Å². The quantitative estimate of drug-likeness (QED) is 0.605. The van der Waals surface area contributed by atoms with Crippen LogP contribution in [0.5, 0.6) is 0 Å². The van der Waals surface area contributed by atoms with Gasteiger partial charge in [-0.15, -0.1) is 0 Å². The van der Waals surface area contributed by atoms with Crippen LogP contribution in [0.3, 0.4) is 0 Å². The van der Waals surface area contributed by atoms with E-state index >= 15 is 0 Å². The molecule has 5 nitrogen and oxygen atoms in total. The molecule has 0 aliphatic carbocycles. The second kappa shape index (κ2) is 5.17. The summed E-state index contributed by atoms with van der Waals surface area (Å²) in [5, 5.41) is 10.7. The zero-order valence-electron chi connectivity index (χ0n) is 11.0. The third kappa shape index (κ3) is 2.56. The van der Waals surface area contributed by atoms with Gasteiger partial charge in [0, 0.05) is 43.5 Å². The van der Waals surface area contributed by atoms with Crippen LogP contribution in [0, 0.1) is 10.1 Å². The molecule has 0 radical (unpaired) electrons. The summed E-state index contributed by atoms with van der Waals surface area (Å²) in [6.45, 7) is 4.52. The summed E-state index contributed by atoms with van der Waals surface area (Å²) in [6, 6.07) is 7.63. The summed E-state index contributed by atoms with van der Waals surface area (Å²) in [6.07, 6.45) is 3.76. The zero-order valence-corrected chi connectivity index (χ0v) is 11.0. The fourth-order valence-electron chi connectivity index (χ4n) is 3.23. The lowest BCUT2D eigenvalue weighted by Gasteiger charge is -2.27. The van der Waals surface area contributed by atoms with Crippen LogP contribution in [0.1, 0.15) is 19.3 Å². The molecule has 2 saturated heterocycles. The minimum atomic E-state index is -0.342. The van der Waals surface area contributed by atoms with E-state index in [1.807, 2.05) is 12.1 Å². The molecule has 102 valence electrons. The number of nitro groups is 1. The monoisotopic (exact) mass is 261 g/mol. The predicted molar refractivity (Wildman–Crippen MR) is 74.5 cm³/mol. The van der Waals surface area contributed by atoms with Gasteiger partial charge in [-0.25, -0.2) is 0 Å². The molecule has 1 aromatic rings. The second-order valence-corrected chi connectivity index (χ2v) is 5.41. The summed E-state index contributed by atoms with van der Waals surface area (Å²) in [5.41, 5.74) is 1.28. The highest BCUT2D eigenvalue weighted by Gasteiger charge is 2.28. The van der Waals surface area contributed by atoms with Gasteiger partial charge in [-0.1, -0.05) is 0 Å². The Hall–Kier alpha value is -1.62. The average Bonchev–Trinajstić information content (AvgIpc) is 2.76. The van der Waals surface area contributed by atoms with Crippen LogP contribution in [0.4, 0.5) is 11.4 Å². The third-order valence-corrected chi connectivity index (χ3v) is 4.23. The molecule has 2 aliphatic rings. The molecule has 2 fully saturated rings. The molecule has 5 heteroatoms. The van der Waals surface area contributed by atoms with E-state index in [1.54, 1.807) is 12.1 Å². The Morgan fingerprint density at radius 1 is 1.11 bits per heavy atom. The number of non-ortho nitro benzene ring substituents is 1. The van der Waals surface area contributed by atoms with Gasteiger partial charge in [0.1, 0.15) is 0 Å². The molecule has 0 N–H and O–H groups in total. The second-order valence-electron chi connectivity index (χ2n) is 5.41. The van der Waals surface area contributed by atoms with Gasteiger partial charge >= 0.3 is 0 Å². The smallest absolute Gasteiger partial charge is 0.269 e. The highest BCUT2D eigenvalue weighted by atomic mass is 16.6. The first-order valence-corrected chi connectivity index (χ1v) is 6.97. The number of nitro benzene ring substituents is 1. The normalized spacial score (nSPS) is 24.0. The van der Waals surface area contributed by atoms with Crippen molar-refractivity contribution in [1.29, 1.82) is 0 Å². The topological polar surface area (TPSA) is 49.6 Å². The molecule has 1 atom stereocenters. The number of benzene rings is 1. The van der Waals surface area contributed by atoms with Crippen LogP contribution >= 0.6 is 0 Å². The van der Waals surface area contributed by atoms with Gasteiger partial charge in [0.05, 0.1) is 4.92 Å². The highest BCUT2D eigenvalue weighted by Crippen LogP contribution is 2.26. The predicted octanol–water partition coefficient (Wildman–Crippen LogP) is 2.27. The fraction of sp³-hybridized carbons (Fsp3) is 0.571. The maximum absolute atomic E-state index is 10.7. The Morgan fingerprint density at radius 3 is 2.58 bits per heavy atom. The molecule has 0 amide bonds. The van der Waals surface area contributed by atoms with E-state index in [4.69, 9.17) is 0 Å². The maximum Gasteiger partial charge on any atom is 0.269 e. The summed E-state index contributed by atoms with van der Waals surface area (Å²) < 4.78 is 0. The lowest BCUT2D eigenvalue weighted by Crippen LogP contribution is -2.36. The summed E-state index contributed by atoms with van der Waals surface area (Å²) >= 11 is 0. The minimum absolute atomic E-state index is 0.168. The van der Waals surface area contributed by atoms with Crippen LogP contribution in [0.25, 0.3) is 0 Å². The van der Waals surface area contributed by atoms with E-state index in [2.05, 4.69) is 9.80 Å². The molecule has 0 unspecified atom stereocenters. The van der Waals surface area contributed by atoms with Crippen molar-refractivity contribution < 1.29 is 4.92 Å². The summed E-state index contributed by atoms with van der Waals surface area (Å²) in [7, 11) is 0. The van der Waals surface area contributed by atoms with Crippen molar-refractivity contribution in [3.63, 3.8) is 0 Å². The SMILES string of the molecule is O=[N+]([O-])c1ccc(N2CCCN3CCC[C@@H]3C2)cc1. The van der Waals surface area contributed by atoms with Gasteiger partial charge in [-0.05, 0) is 37.9 Å². The molecular formula is C14H19N3O2. The standard InChI is InChI=1S/C14H19N3O2/c18-17(19)13-6-4-12(5-7-13)16-10-2-9-15-8-1-3-14(15)11-16/h4-7,14H,1-3,8-11H2/t14-/m1/s1. The molecule has 0 bridgehead atoms. The Labute approximate surface area is 113 Å². The van der Waals surface area contributed by atoms with Gasteiger partial charge < -0.3 is 4.90 Å². The number of nitrogens with zero attached hydrogens (tertiary/aromatic N) is 3. The van der Waals surface area contributed by atoms with Gasteiger partial charge in [-0.3, -0.25) is 15.0 Å². The van der Waals surface area contributed by atoms with E-state index in [1.165, 1.54) is 32.4 Å². The first-order chi connectivity index (χ1) is 9.24. The molecule has 3 rings (SSSR count). The number of hydrogen-bond acceptors (Lipinski definition) is 4. The van der Waals surface area contributed by atoms with Crippen LogP contribution in [-0.4, -0.2) is 42.0 Å². The van der Waals surface area contributed by atoms with Crippen LogP contribution in [0.2, 0.25) is 0 Å². The van der Waals surface area contributed by atoms with E-state index in [-0.39, 0.29) is 10.6 Å². The van der Waals surface area contributed by atoms with E-state index in [9.17, 15) is 10.1 Å². The largest absolute Gasteiger partial charge is 0.370 e. The maximum atomic E-state index is 10.7. The Morgan fingerprint density at radius 2 is 1.84 bits per heavy atom. The number of fused-ring (bicyclic) bond motifs is 1. The average molecular weight is 261 g/mol. The lowest BCUT2D eigenvalue weighted by atomic mass is 10.2. The van der Waals surface area contributed by atoms with E-state index < -0.39 is 0 Å². The van der Waals surface area contributed by atoms with Crippen LogP contribution < -0.4 is 4.90 Å². The van der Waals surface area contributed by atoms with Gasteiger partial charge in [0.25, 0.3) is 5.69 Å². The number of rotatable bonds is 2. The van der Waals surface area contributed by atoms with Crippen molar-refractivity contribution in [2.45, 2.75) is 25.3 Å². The molecule has 0 spiro atoms. The summed E-state index contributed by atoms with van der Waals surface area (Å²) in [5.74, 6) is 0. The molecular weight excluding hydrogens is 242 g/mol. The molecule has 19 heavy (non-hydrogen) atoms. The van der Waals surface area contributed by atoms with Crippen LogP contribution in [0.15, 0.2) is 24.3 Å². The first-order valence-electron chi connectivity index (χ1n) is 6.97. The van der Waals surface area contributed by atoms with Gasteiger partial charge in [0.15, 0.2) is 0 Å². The molecule has 0 saturated carbocycles. The molecule has 2 aliphatic heterocycles. The van der Waals surface area contributed by atoms with E-state index in [0.29, 0.717) is 6.04 Å². The van der Waals surface area contributed by atoms with E-state index in [0.717, 1.165) is 18.8 Å². The van der Waals surface area contributed by atoms with Crippen molar-refractivity contribution in [2.24, 2.45) is 0 Å². The molecule has 1 aromatic carbocycles. The first kappa shape index (κ1) is 12.4. The third-order valence-electron chi connectivity index (χ3n) is 4.23. The summed E-state index contributed by atoms with van der Waals surface area (Å²) in [4.78, 5) is 15.3. The lowest BCUT2D eigenvalue weighted by molar-refractivity contribution is -0.384. The van der Waals surface area contributed by atoms with Crippen molar-refractivity contribution in [3.8, 4) is 0 Å². The molecule has 0 aromatic heterocycles. The van der Waals surface area contributed by atoms with Crippen molar-refractivity contribution >= 4 is 11.4 Å². The number of hydrogen-bond donors (Lipinski definition) is 0. The van der Waals surface area contributed by atoms with Crippen molar-refractivity contribution in [2.75, 3.05) is 31.1 Å². The molecule has 2 heterocycles. The number of anilines is 1. The van der Waals surface area contributed by atoms with Gasteiger partial charge in [0.2, 0.25) is 0 Å². The Kier molecular flexibility index (Phi) is 3.38. The highest BCUT2D eigenvalue weighted by molar-refractivity contribution is 5.51. The Balaban J connectivity index is 1.75. The Bertz CT molecular complexity index is 460. The minimum Gasteiger partial charge on any atom is -0.370 e. The van der Waals surface area contributed by atoms with Crippen LogP contribution in [-0.2, 0) is 0 Å². The zero-order chi connectivity index (χ0) is 13.2. The van der Waals surface area contributed by atoms with Gasteiger partial charge in [-0.2, -0.15) is 0 Å². The fourth-order valence-corrected chi connectivity index (χ4v) is 3.23. The van der Waals surface area contributed by atoms with Crippen molar-refractivity contribution in [3.05, 3.63) is 34.4 Å².